The smallest absolute Gasteiger partial charge is 0.241 e. The molecule has 0 radical (unpaired) electrons. The number of carbonyl (C=O) groups is 1. The lowest BCUT2D eigenvalue weighted by Crippen LogP contribution is -1.98. The maximum absolute atomic E-state index is 12.1. The predicted octanol–water partition coefficient (Wildman–Crippen LogP) is 2.82. The fourth-order valence-corrected chi connectivity index (χ4v) is 2.25. The molecule has 17 heavy (non-hydrogen) atoms. The number of aryl methyl sites for hydroxylation is 1. The second-order valence-electron chi connectivity index (χ2n) is 3.67. The van der Waals surface area contributed by atoms with Crippen LogP contribution in [0.25, 0.3) is 11.0 Å². The van der Waals surface area contributed by atoms with Crippen LogP contribution < -0.4 is 0 Å². The van der Waals surface area contributed by atoms with Gasteiger partial charge in [0.1, 0.15) is 10.5 Å². The molecule has 2 aromatic heterocycles. The van der Waals surface area contributed by atoms with E-state index in [1.807, 2.05) is 24.3 Å². The second-order valence-corrected chi connectivity index (χ2v) is 4.42. The number of furan rings is 1. The van der Waals surface area contributed by atoms with E-state index < -0.39 is 0 Å². The van der Waals surface area contributed by atoms with E-state index in [2.05, 4.69) is 9.59 Å². The third-order valence-electron chi connectivity index (χ3n) is 2.51. The first-order chi connectivity index (χ1) is 8.25. The molecule has 0 aliphatic heterocycles. The molecule has 3 rings (SSSR count). The summed E-state index contributed by atoms with van der Waals surface area (Å²) < 4.78 is 9.26. The SMILES string of the molecule is Cc1nnsc1C(=O)c1cc2ccccc2o1. The van der Waals surface area contributed by atoms with Gasteiger partial charge in [0.15, 0.2) is 5.76 Å². The van der Waals surface area contributed by atoms with E-state index in [0.29, 0.717) is 21.9 Å². The summed E-state index contributed by atoms with van der Waals surface area (Å²) >= 11 is 1.09. The van der Waals surface area contributed by atoms with Crippen molar-refractivity contribution in [3.8, 4) is 0 Å². The molecular formula is C12H8N2O2S. The van der Waals surface area contributed by atoms with Crippen LogP contribution in [0.3, 0.4) is 0 Å². The zero-order valence-corrected chi connectivity index (χ0v) is 9.82. The second kappa shape index (κ2) is 3.78. The first-order valence-electron chi connectivity index (χ1n) is 5.08. The summed E-state index contributed by atoms with van der Waals surface area (Å²) in [6, 6.07) is 9.28. The molecule has 0 fully saturated rings. The van der Waals surface area contributed by atoms with Crippen LogP contribution in [-0.2, 0) is 0 Å². The topological polar surface area (TPSA) is 56.0 Å². The third kappa shape index (κ3) is 1.64. The molecule has 2 heterocycles. The van der Waals surface area contributed by atoms with Crippen LogP contribution in [0, 0.1) is 6.92 Å². The van der Waals surface area contributed by atoms with Gasteiger partial charge in [-0.05, 0) is 30.6 Å². The zero-order valence-electron chi connectivity index (χ0n) is 9.01. The average Bonchev–Trinajstić information content (AvgIpc) is 2.93. The number of nitrogens with zero attached hydrogens (tertiary/aromatic N) is 2. The summed E-state index contributed by atoms with van der Waals surface area (Å²) in [4.78, 5) is 12.7. The van der Waals surface area contributed by atoms with Crippen molar-refractivity contribution in [3.05, 3.63) is 46.7 Å². The summed E-state index contributed by atoms with van der Waals surface area (Å²) in [5.74, 6) is 0.175. The number of aromatic nitrogens is 2. The van der Waals surface area contributed by atoms with Gasteiger partial charge in [0.25, 0.3) is 0 Å². The predicted molar refractivity (Wildman–Crippen MR) is 64.3 cm³/mol. The van der Waals surface area contributed by atoms with Gasteiger partial charge in [-0.25, -0.2) is 0 Å². The molecule has 0 atom stereocenters. The van der Waals surface area contributed by atoms with Crippen molar-refractivity contribution in [1.29, 1.82) is 0 Å². The monoisotopic (exact) mass is 244 g/mol. The Balaban J connectivity index is 2.10. The van der Waals surface area contributed by atoms with E-state index in [1.54, 1.807) is 13.0 Å². The molecule has 84 valence electrons. The minimum absolute atomic E-state index is 0.159. The van der Waals surface area contributed by atoms with E-state index in [-0.39, 0.29) is 5.78 Å². The number of para-hydroxylation sites is 1. The van der Waals surface area contributed by atoms with Gasteiger partial charge in [-0.3, -0.25) is 4.79 Å². The van der Waals surface area contributed by atoms with Gasteiger partial charge < -0.3 is 4.42 Å². The Hall–Kier alpha value is -2.01. The molecule has 0 aliphatic carbocycles. The Bertz CT molecular complexity index is 666. The molecule has 0 N–H and O–H groups in total. The Labute approximate surface area is 101 Å². The van der Waals surface area contributed by atoms with Crippen LogP contribution in [0.5, 0.6) is 0 Å². The molecule has 3 aromatic rings. The first-order valence-corrected chi connectivity index (χ1v) is 5.85. The fraction of sp³-hybridized carbons (Fsp3) is 0.0833. The number of fused-ring (bicyclic) bond motifs is 1. The van der Waals surface area contributed by atoms with Gasteiger partial charge in [0, 0.05) is 5.39 Å². The lowest BCUT2D eigenvalue weighted by atomic mass is 10.2. The molecule has 4 nitrogen and oxygen atoms in total. The van der Waals surface area contributed by atoms with Crippen LogP contribution in [0.2, 0.25) is 0 Å². The van der Waals surface area contributed by atoms with Crippen molar-refractivity contribution in [2.24, 2.45) is 0 Å². The normalized spacial score (nSPS) is 10.9. The fourth-order valence-electron chi connectivity index (χ4n) is 1.65. The average molecular weight is 244 g/mol. The lowest BCUT2D eigenvalue weighted by molar-refractivity contribution is 0.101. The molecule has 0 saturated heterocycles. The van der Waals surface area contributed by atoms with Gasteiger partial charge in [-0.1, -0.05) is 22.7 Å². The first kappa shape index (κ1) is 10.2. The maximum atomic E-state index is 12.1. The van der Waals surface area contributed by atoms with Crippen LogP contribution >= 0.6 is 11.5 Å². The maximum Gasteiger partial charge on any atom is 0.241 e. The Morgan fingerprint density at radius 2 is 2.18 bits per heavy atom. The van der Waals surface area contributed by atoms with Crippen LogP contribution in [0.15, 0.2) is 34.7 Å². The number of carbonyl (C=O) groups excluding carboxylic acids is 1. The number of hydrogen-bond acceptors (Lipinski definition) is 5. The minimum Gasteiger partial charge on any atom is -0.453 e. The number of ketones is 1. The standard InChI is InChI=1S/C12H8N2O2S/c1-7-12(17-14-13-7)11(15)10-6-8-4-2-3-5-9(8)16-10/h2-6H,1H3. The third-order valence-corrected chi connectivity index (χ3v) is 3.33. The van der Waals surface area contributed by atoms with E-state index in [9.17, 15) is 4.79 Å². The van der Waals surface area contributed by atoms with Crippen molar-refractivity contribution in [1.82, 2.24) is 9.59 Å². The minimum atomic E-state index is -0.159. The quantitative estimate of drug-likeness (QED) is 0.650. The van der Waals surface area contributed by atoms with Crippen molar-refractivity contribution in [3.63, 3.8) is 0 Å². The number of hydrogen-bond donors (Lipinski definition) is 0. The van der Waals surface area contributed by atoms with E-state index in [1.165, 1.54) is 0 Å². The zero-order chi connectivity index (χ0) is 11.8. The van der Waals surface area contributed by atoms with Crippen molar-refractivity contribution in [2.75, 3.05) is 0 Å². The molecule has 0 aliphatic rings. The van der Waals surface area contributed by atoms with E-state index in [0.717, 1.165) is 16.9 Å². The van der Waals surface area contributed by atoms with Crippen molar-refractivity contribution < 1.29 is 9.21 Å². The van der Waals surface area contributed by atoms with Gasteiger partial charge in [-0.2, -0.15) is 0 Å². The van der Waals surface area contributed by atoms with Crippen LogP contribution in [0.1, 0.15) is 21.1 Å². The van der Waals surface area contributed by atoms with E-state index in [4.69, 9.17) is 4.42 Å². The molecule has 0 bridgehead atoms. The van der Waals surface area contributed by atoms with Gasteiger partial charge in [0.2, 0.25) is 5.78 Å². The summed E-state index contributed by atoms with van der Waals surface area (Å²) in [5, 5.41) is 4.75. The van der Waals surface area contributed by atoms with E-state index >= 15 is 0 Å². The van der Waals surface area contributed by atoms with Crippen molar-refractivity contribution >= 4 is 28.3 Å². The Morgan fingerprint density at radius 1 is 1.35 bits per heavy atom. The van der Waals surface area contributed by atoms with Crippen LogP contribution in [-0.4, -0.2) is 15.4 Å². The Kier molecular flexibility index (Phi) is 2.26. The molecule has 0 spiro atoms. The number of benzene rings is 1. The summed E-state index contributed by atoms with van der Waals surface area (Å²) in [7, 11) is 0. The molecule has 0 saturated carbocycles. The van der Waals surface area contributed by atoms with Gasteiger partial charge in [-0.15, -0.1) is 5.10 Å². The van der Waals surface area contributed by atoms with Crippen molar-refractivity contribution in [2.45, 2.75) is 6.92 Å². The molecular weight excluding hydrogens is 236 g/mol. The highest BCUT2D eigenvalue weighted by Gasteiger charge is 2.19. The van der Waals surface area contributed by atoms with Gasteiger partial charge >= 0.3 is 0 Å². The highest BCUT2D eigenvalue weighted by molar-refractivity contribution is 7.08. The molecule has 1 aromatic carbocycles. The Morgan fingerprint density at radius 3 is 2.88 bits per heavy atom. The highest BCUT2D eigenvalue weighted by atomic mass is 32.1. The van der Waals surface area contributed by atoms with Gasteiger partial charge in [0.05, 0.1) is 5.69 Å². The summed E-state index contributed by atoms with van der Waals surface area (Å²) in [6.45, 7) is 1.76. The molecule has 5 heteroatoms. The number of rotatable bonds is 2. The molecule has 0 unspecified atom stereocenters. The highest BCUT2D eigenvalue weighted by Crippen LogP contribution is 2.23. The van der Waals surface area contributed by atoms with Crippen LogP contribution in [0.4, 0.5) is 0 Å². The largest absolute Gasteiger partial charge is 0.453 e. The summed E-state index contributed by atoms with van der Waals surface area (Å²) in [5.41, 5.74) is 1.35. The summed E-state index contributed by atoms with van der Waals surface area (Å²) in [6.07, 6.45) is 0. The lowest BCUT2D eigenvalue weighted by Gasteiger charge is -1.91. The molecule has 0 amide bonds.